The predicted molar refractivity (Wildman–Crippen MR) is 74.0 cm³/mol. The number of aryl methyl sites for hydroxylation is 1. The first-order chi connectivity index (χ1) is 9.01. The van der Waals surface area contributed by atoms with Gasteiger partial charge in [-0.05, 0) is 38.5 Å². The zero-order valence-electron chi connectivity index (χ0n) is 11.5. The Bertz CT molecular complexity index is 446. The Labute approximate surface area is 113 Å². The number of carbonyl (C=O) groups excluding carboxylic acids is 2. The summed E-state index contributed by atoms with van der Waals surface area (Å²) < 4.78 is 4.82. The molecule has 0 fully saturated rings. The molecule has 0 heterocycles. The van der Waals surface area contributed by atoms with E-state index < -0.39 is 0 Å². The van der Waals surface area contributed by atoms with E-state index in [0.29, 0.717) is 6.61 Å². The number of anilines is 1. The molecule has 1 rings (SSSR count). The fourth-order valence-corrected chi connectivity index (χ4v) is 1.63. The largest absolute Gasteiger partial charge is 0.466 e. The topological polar surface area (TPSA) is 67.4 Å². The standard InChI is InChI=1S/C14H20N2O3/c1-4-19-13(17)9-11(3)15-14(18)16-12-7-5-6-10(2)8-12/h5-8,11H,4,9H2,1-3H3,(H2,15,16,18). The molecule has 0 saturated carbocycles. The number of carbonyl (C=O) groups is 2. The van der Waals surface area contributed by atoms with Crippen molar-refractivity contribution in [2.45, 2.75) is 33.2 Å². The first-order valence-corrected chi connectivity index (χ1v) is 6.31. The quantitative estimate of drug-likeness (QED) is 0.803. The fraction of sp³-hybridized carbons (Fsp3) is 0.429. The van der Waals surface area contributed by atoms with Gasteiger partial charge >= 0.3 is 12.0 Å². The fourth-order valence-electron chi connectivity index (χ4n) is 1.63. The number of hydrogen-bond donors (Lipinski definition) is 2. The van der Waals surface area contributed by atoms with E-state index in [0.717, 1.165) is 11.3 Å². The normalized spacial score (nSPS) is 11.5. The first kappa shape index (κ1) is 15.0. The van der Waals surface area contributed by atoms with E-state index >= 15 is 0 Å². The van der Waals surface area contributed by atoms with Gasteiger partial charge in [-0.3, -0.25) is 4.79 Å². The van der Waals surface area contributed by atoms with E-state index in [1.54, 1.807) is 13.8 Å². The SMILES string of the molecule is CCOC(=O)CC(C)NC(=O)Nc1cccc(C)c1. The summed E-state index contributed by atoms with van der Waals surface area (Å²) in [6.07, 6.45) is 0.162. The molecule has 5 nitrogen and oxygen atoms in total. The Hall–Kier alpha value is -2.04. The van der Waals surface area contributed by atoms with Crippen LogP contribution in [0.3, 0.4) is 0 Å². The molecule has 0 aliphatic heterocycles. The minimum absolute atomic E-state index is 0.162. The molecular formula is C14H20N2O3. The average molecular weight is 264 g/mol. The summed E-state index contributed by atoms with van der Waals surface area (Å²) >= 11 is 0. The molecule has 1 aromatic carbocycles. The van der Waals surface area contributed by atoms with Crippen LogP contribution in [0.2, 0.25) is 0 Å². The van der Waals surface area contributed by atoms with Crippen molar-refractivity contribution in [3.05, 3.63) is 29.8 Å². The van der Waals surface area contributed by atoms with Crippen molar-refractivity contribution in [1.29, 1.82) is 0 Å². The Morgan fingerprint density at radius 1 is 1.37 bits per heavy atom. The molecule has 0 spiro atoms. The van der Waals surface area contributed by atoms with Gasteiger partial charge in [-0.15, -0.1) is 0 Å². The summed E-state index contributed by atoms with van der Waals surface area (Å²) in [7, 11) is 0. The van der Waals surface area contributed by atoms with E-state index in [1.807, 2.05) is 31.2 Å². The molecule has 1 atom stereocenters. The van der Waals surface area contributed by atoms with Gasteiger partial charge in [0.15, 0.2) is 0 Å². The molecule has 2 N–H and O–H groups in total. The summed E-state index contributed by atoms with van der Waals surface area (Å²) in [6.45, 7) is 5.81. The molecule has 0 saturated heterocycles. The van der Waals surface area contributed by atoms with Crippen molar-refractivity contribution in [1.82, 2.24) is 5.32 Å². The number of ether oxygens (including phenoxy) is 1. The second-order valence-electron chi connectivity index (χ2n) is 4.38. The van der Waals surface area contributed by atoms with Crippen LogP contribution in [0.15, 0.2) is 24.3 Å². The summed E-state index contributed by atoms with van der Waals surface area (Å²) in [5, 5.41) is 5.40. The zero-order chi connectivity index (χ0) is 14.3. The van der Waals surface area contributed by atoms with Gasteiger partial charge in [-0.25, -0.2) is 4.79 Å². The van der Waals surface area contributed by atoms with Gasteiger partial charge in [0.1, 0.15) is 0 Å². The third kappa shape index (κ3) is 5.90. The Kier molecular flexibility index (Phi) is 5.85. The lowest BCUT2D eigenvalue weighted by atomic mass is 10.2. The van der Waals surface area contributed by atoms with Gasteiger partial charge in [0.25, 0.3) is 0 Å². The van der Waals surface area contributed by atoms with Crippen LogP contribution in [0.25, 0.3) is 0 Å². The maximum absolute atomic E-state index is 11.7. The van der Waals surface area contributed by atoms with Crippen molar-refractivity contribution in [2.24, 2.45) is 0 Å². The third-order valence-electron chi connectivity index (χ3n) is 2.43. The molecule has 1 unspecified atom stereocenters. The molecule has 5 heteroatoms. The minimum Gasteiger partial charge on any atom is -0.466 e. The van der Waals surface area contributed by atoms with E-state index in [2.05, 4.69) is 10.6 Å². The van der Waals surface area contributed by atoms with Crippen molar-refractivity contribution in [3.8, 4) is 0 Å². The average Bonchev–Trinajstić information content (AvgIpc) is 2.28. The Morgan fingerprint density at radius 3 is 2.74 bits per heavy atom. The molecule has 0 bridgehead atoms. The second kappa shape index (κ2) is 7.41. The molecule has 2 amide bonds. The molecule has 19 heavy (non-hydrogen) atoms. The van der Waals surface area contributed by atoms with Crippen LogP contribution in [-0.2, 0) is 9.53 Å². The van der Waals surface area contributed by atoms with Gasteiger partial charge in [0, 0.05) is 11.7 Å². The lowest BCUT2D eigenvalue weighted by molar-refractivity contribution is -0.143. The number of esters is 1. The zero-order valence-corrected chi connectivity index (χ0v) is 11.5. The smallest absolute Gasteiger partial charge is 0.319 e. The lowest BCUT2D eigenvalue weighted by Gasteiger charge is -2.14. The molecule has 0 aromatic heterocycles. The molecule has 0 radical (unpaired) electrons. The van der Waals surface area contributed by atoms with E-state index in [4.69, 9.17) is 4.74 Å². The van der Waals surface area contributed by atoms with Gasteiger partial charge in [0.2, 0.25) is 0 Å². The van der Waals surface area contributed by atoms with Gasteiger partial charge < -0.3 is 15.4 Å². The molecular weight excluding hydrogens is 244 g/mol. The van der Waals surface area contributed by atoms with E-state index in [-0.39, 0.29) is 24.5 Å². The van der Waals surface area contributed by atoms with Crippen LogP contribution in [0.4, 0.5) is 10.5 Å². The molecule has 104 valence electrons. The van der Waals surface area contributed by atoms with Crippen LogP contribution in [0, 0.1) is 6.92 Å². The first-order valence-electron chi connectivity index (χ1n) is 6.31. The monoisotopic (exact) mass is 264 g/mol. The number of amides is 2. The number of benzene rings is 1. The maximum Gasteiger partial charge on any atom is 0.319 e. The van der Waals surface area contributed by atoms with Crippen LogP contribution in [-0.4, -0.2) is 24.6 Å². The summed E-state index contributed by atoms with van der Waals surface area (Å²) in [5.74, 6) is -0.314. The minimum atomic E-state index is -0.331. The third-order valence-corrected chi connectivity index (χ3v) is 2.43. The Morgan fingerprint density at radius 2 is 2.11 bits per heavy atom. The number of hydrogen-bond acceptors (Lipinski definition) is 3. The molecule has 0 aliphatic carbocycles. The van der Waals surface area contributed by atoms with Gasteiger partial charge in [-0.1, -0.05) is 12.1 Å². The summed E-state index contributed by atoms with van der Waals surface area (Å²) in [6, 6.07) is 6.89. The predicted octanol–water partition coefficient (Wildman–Crippen LogP) is 2.46. The van der Waals surface area contributed by atoms with Crippen molar-refractivity contribution < 1.29 is 14.3 Å². The van der Waals surface area contributed by atoms with Crippen molar-refractivity contribution >= 4 is 17.7 Å². The summed E-state index contributed by atoms with van der Waals surface area (Å²) in [5.41, 5.74) is 1.79. The highest BCUT2D eigenvalue weighted by molar-refractivity contribution is 5.89. The molecule has 0 aliphatic rings. The van der Waals surface area contributed by atoms with E-state index in [9.17, 15) is 9.59 Å². The maximum atomic E-state index is 11.7. The lowest BCUT2D eigenvalue weighted by Crippen LogP contribution is -2.37. The van der Waals surface area contributed by atoms with Crippen molar-refractivity contribution in [2.75, 3.05) is 11.9 Å². The van der Waals surface area contributed by atoms with E-state index in [1.165, 1.54) is 0 Å². The second-order valence-corrected chi connectivity index (χ2v) is 4.38. The van der Waals surface area contributed by atoms with Crippen molar-refractivity contribution in [3.63, 3.8) is 0 Å². The van der Waals surface area contributed by atoms with Gasteiger partial charge in [0.05, 0.1) is 13.0 Å². The number of urea groups is 1. The van der Waals surface area contributed by atoms with Crippen LogP contribution >= 0.6 is 0 Å². The highest BCUT2D eigenvalue weighted by Crippen LogP contribution is 2.09. The van der Waals surface area contributed by atoms with Crippen LogP contribution < -0.4 is 10.6 Å². The van der Waals surface area contributed by atoms with Crippen LogP contribution in [0.1, 0.15) is 25.8 Å². The Balaban J connectivity index is 2.40. The number of rotatable bonds is 5. The summed E-state index contributed by atoms with van der Waals surface area (Å²) in [4.78, 5) is 22.9. The van der Waals surface area contributed by atoms with Crippen LogP contribution in [0.5, 0.6) is 0 Å². The number of nitrogens with one attached hydrogen (secondary N) is 2. The highest BCUT2D eigenvalue weighted by atomic mass is 16.5. The molecule has 1 aromatic rings. The van der Waals surface area contributed by atoms with Gasteiger partial charge in [-0.2, -0.15) is 0 Å². The highest BCUT2D eigenvalue weighted by Gasteiger charge is 2.12.